The number of nitrogens with one attached hydrogen (secondary N) is 2. The molecule has 1 rings (SSSR count). The van der Waals surface area contributed by atoms with Gasteiger partial charge in [-0.1, -0.05) is 20.8 Å². The van der Waals surface area contributed by atoms with Crippen LogP contribution >= 0.6 is 0 Å². The molecule has 0 aromatic carbocycles. The summed E-state index contributed by atoms with van der Waals surface area (Å²) in [4.78, 5) is 15.6. The molecule has 96 valence electrons. The van der Waals surface area contributed by atoms with Crippen molar-refractivity contribution in [1.82, 2.24) is 20.5 Å². The number of H-pyrrole nitrogens is 1. The SMILES string of the molecule is C[C@H](NC(=O)CCC(C)(C)C)c1nc(N)n[nH]1. The van der Waals surface area contributed by atoms with Crippen LogP contribution in [0.2, 0.25) is 0 Å². The minimum atomic E-state index is -0.202. The van der Waals surface area contributed by atoms with Gasteiger partial charge in [0, 0.05) is 6.42 Å². The van der Waals surface area contributed by atoms with Crippen LogP contribution in [0.3, 0.4) is 0 Å². The highest BCUT2D eigenvalue weighted by Crippen LogP contribution is 2.20. The molecule has 6 heteroatoms. The molecule has 0 aliphatic carbocycles. The third-order valence-corrected chi connectivity index (χ3v) is 2.41. The van der Waals surface area contributed by atoms with Crippen LogP contribution in [0.5, 0.6) is 0 Å². The Hall–Kier alpha value is -1.59. The molecule has 1 amide bonds. The van der Waals surface area contributed by atoms with Gasteiger partial charge in [0.1, 0.15) is 5.82 Å². The van der Waals surface area contributed by atoms with Crippen LogP contribution < -0.4 is 11.1 Å². The maximum Gasteiger partial charge on any atom is 0.239 e. The quantitative estimate of drug-likeness (QED) is 0.739. The number of nitrogens with zero attached hydrogens (tertiary/aromatic N) is 2. The monoisotopic (exact) mass is 239 g/mol. The lowest BCUT2D eigenvalue weighted by Gasteiger charge is -2.18. The molecule has 17 heavy (non-hydrogen) atoms. The lowest BCUT2D eigenvalue weighted by atomic mass is 9.90. The molecular formula is C11H21N5O. The second-order valence-corrected chi connectivity index (χ2v) is 5.43. The Kier molecular flexibility index (Phi) is 4.09. The van der Waals surface area contributed by atoms with Crippen LogP contribution in [0.25, 0.3) is 0 Å². The molecule has 1 aromatic heterocycles. The summed E-state index contributed by atoms with van der Waals surface area (Å²) in [5, 5.41) is 9.26. The second kappa shape index (κ2) is 5.16. The lowest BCUT2D eigenvalue weighted by molar-refractivity contribution is -0.122. The summed E-state index contributed by atoms with van der Waals surface area (Å²) in [7, 11) is 0. The molecular weight excluding hydrogens is 218 g/mol. The fourth-order valence-corrected chi connectivity index (χ4v) is 1.35. The van der Waals surface area contributed by atoms with E-state index in [4.69, 9.17) is 5.73 Å². The van der Waals surface area contributed by atoms with E-state index in [-0.39, 0.29) is 23.3 Å². The highest BCUT2D eigenvalue weighted by atomic mass is 16.1. The van der Waals surface area contributed by atoms with Gasteiger partial charge in [0.2, 0.25) is 11.9 Å². The maximum atomic E-state index is 11.7. The molecule has 0 spiro atoms. The molecule has 1 aromatic rings. The van der Waals surface area contributed by atoms with E-state index >= 15 is 0 Å². The van der Waals surface area contributed by atoms with Gasteiger partial charge in [0.05, 0.1) is 6.04 Å². The topological polar surface area (TPSA) is 96.7 Å². The van der Waals surface area contributed by atoms with Gasteiger partial charge in [0.15, 0.2) is 0 Å². The predicted molar refractivity (Wildman–Crippen MR) is 66.0 cm³/mol. The van der Waals surface area contributed by atoms with Crippen molar-refractivity contribution in [2.45, 2.75) is 46.6 Å². The number of nitrogen functional groups attached to an aromatic ring is 1. The molecule has 1 heterocycles. The Balaban J connectivity index is 2.41. The molecule has 0 bridgehead atoms. The summed E-state index contributed by atoms with van der Waals surface area (Å²) in [6, 6.07) is -0.202. The molecule has 0 saturated carbocycles. The number of hydrogen-bond donors (Lipinski definition) is 3. The van der Waals surface area contributed by atoms with Crippen molar-refractivity contribution in [3.05, 3.63) is 5.82 Å². The molecule has 0 aliphatic rings. The fourth-order valence-electron chi connectivity index (χ4n) is 1.35. The van der Waals surface area contributed by atoms with Crippen LogP contribution in [0.15, 0.2) is 0 Å². The van der Waals surface area contributed by atoms with Crippen molar-refractivity contribution in [1.29, 1.82) is 0 Å². The number of aromatic nitrogens is 3. The first kappa shape index (κ1) is 13.5. The predicted octanol–water partition coefficient (Wildman–Crippen LogP) is 1.39. The normalized spacial score (nSPS) is 13.4. The lowest BCUT2D eigenvalue weighted by Crippen LogP contribution is -2.28. The minimum Gasteiger partial charge on any atom is -0.367 e. The number of nitrogens with two attached hydrogens (primary N) is 1. The van der Waals surface area contributed by atoms with E-state index in [9.17, 15) is 4.79 Å². The van der Waals surface area contributed by atoms with Crippen molar-refractivity contribution >= 4 is 11.9 Å². The van der Waals surface area contributed by atoms with Gasteiger partial charge in [-0.15, -0.1) is 5.10 Å². The third kappa shape index (κ3) is 4.84. The summed E-state index contributed by atoms with van der Waals surface area (Å²) >= 11 is 0. The average Bonchev–Trinajstić information content (AvgIpc) is 2.61. The molecule has 0 unspecified atom stereocenters. The molecule has 4 N–H and O–H groups in total. The number of carbonyl (C=O) groups is 1. The average molecular weight is 239 g/mol. The van der Waals surface area contributed by atoms with Gasteiger partial charge in [-0.2, -0.15) is 4.98 Å². The van der Waals surface area contributed by atoms with Crippen molar-refractivity contribution in [3.63, 3.8) is 0 Å². The summed E-state index contributed by atoms with van der Waals surface area (Å²) in [6.45, 7) is 8.18. The van der Waals surface area contributed by atoms with Crippen LogP contribution in [-0.2, 0) is 4.79 Å². The van der Waals surface area contributed by atoms with E-state index in [2.05, 4.69) is 41.3 Å². The highest BCUT2D eigenvalue weighted by molar-refractivity contribution is 5.76. The Morgan fingerprint density at radius 2 is 2.18 bits per heavy atom. The Morgan fingerprint density at radius 1 is 1.53 bits per heavy atom. The maximum absolute atomic E-state index is 11.7. The van der Waals surface area contributed by atoms with Gasteiger partial charge in [-0.25, -0.2) is 0 Å². The van der Waals surface area contributed by atoms with E-state index in [1.807, 2.05) is 6.92 Å². The Morgan fingerprint density at radius 3 is 2.65 bits per heavy atom. The molecule has 0 radical (unpaired) electrons. The third-order valence-electron chi connectivity index (χ3n) is 2.41. The minimum absolute atomic E-state index is 0.0161. The summed E-state index contributed by atoms with van der Waals surface area (Å²) < 4.78 is 0. The van der Waals surface area contributed by atoms with Crippen LogP contribution in [0.4, 0.5) is 5.95 Å². The van der Waals surface area contributed by atoms with Crippen molar-refractivity contribution in [3.8, 4) is 0 Å². The molecule has 0 aliphatic heterocycles. The zero-order valence-electron chi connectivity index (χ0n) is 10.9. The summed E-state index contributed by atoms with van der Waals surface area (Å²) in [5.74, 6) is 0.782. The van der Waals surface area contributed by atoms with E-state index in [1.165, 1.54) is 0 Å². The zero-order chi connectivity index (χ0) is 13.1. The number of hydrogen-bond acceptors (Lipinski definition) is 4. The standard InChI is InChI=1S/C11H21N5O/c1-7(9-14-10(12)16-15-9)13-8(17)5-6-11(2,3)4/h7H,5-6H2,1-4H3,(H,13,17)(H3,12,14,15,16)/t7-/m0/s1. The zero-order valence-corrected chi connectivity index (χ0v) is 10.9. The number of amides is 1. The first-order valence-corrected chi connectivity index (χ1v) is 5.75. The smallest absolute Gasteiger partial charge is 0.239 e. The number of rotatable bonds is 4. The molecule has 6 nitrogen and oxygen atoms in total. The second-order valence-electron chi connectivity index (χ2n) is 5.43. The van der Waals surface area contributed by atoms with E-state index in [0.29, 0.717) is 12.2 Å². The van der Waals surface area contributed by atoms with E-state index < -0.39 is 0 Å². The van der Waals surface area contributed by atoms with Gasteiger partial charge in [-0.3, -0.25) is 9.89 Å². The first-order valence-electron chi connectivity index (χ1n) is 5.75. The Labute approximate surface area is 101 Å². The van der Waals surface area contributed by atoms with Gasteiger partial charge in [0.25, 0.3) is 0 Å². The van der Waals surface area contributed by atoms with Gasteiger partial charge >= 0.3 is 0 Å². The number of carbonyl (C=O) groups excluding carboxylic acids is 1. The van der Waals surface area contributed by atoms with Crippen molar-refractivity contribution in [2.24, 2.45) is 5.41 Å². The molecule has 1 atom stereocenters. The summed E-state index contributed by atoms with van der Waals surface area (Å²) in [6.07, 6.45) is 1.36. The van der Waals surface area contributed by atoms with Gasteiger partial charge in [-0.05, 0) is 18.8 Å². The van der Waals surface area contributed by atoms with Crippen LogP contribution in [-0.4, -0.2) is 21.1 Å². The van der Waals surface area contributed by atoms with Crippen molar-refractivity contribution < 1.29 is 4.79 Å². The first-order chi connectivity index (χ1) is 7.78. The van der Waals surface area contributed by atoms with Crippen LogP contribution in [0.1, 0.15) is 52.4 Å². The molecule has 0 fully saturated rings. The number of aromatic amines is 1. The fraction of sp³-hybridized carbons (Fsp3) is 0.727. The summed E-state index contributed by atoms with van der Waals surface area (Å²) in [5.41, 5.74) is 5.56. The highest BCUT2D eigenvalue weighted by Gasteiger charge is 2.16. The van der Waals surface area contributed by atoms with E-state index in [1.54, 1.807) is 0 Å². The van der Waals surface area contributed by atoms with Crippen LogP contribution in [0, 0.1) is 5.41 Å². The molecule has 0 saturated heterocycles. The van der Waals surface area contributed by atoms with Gasteiger partial charge < -0.3 is 11.1 Å². The number of anilines is 1. The Bertz CT molecular complexity index is 379. The van der Waals surface area contributed by atoms with E-state index in [0.717, 1.165) is 6.42 Å². The largest absolute Gasteiger partial charge is 0.367 e. The van der Waals surface area contributed by atoms with Crippen molar-refractivity contribution in [2.75, 3.05) is 5.73 Å².